The summed E-state index contributed by atoms with van der Waals surface area (Å²) in [6, 6.07) is 34.4. The lowest BCUT2D eigenvalue weighted by atomic mass is 9.91. The standard InChI is InChI=1S/C29H32ClN3O3.C28H30ClN3O3.C23H27ClN2O3/c1-17-19(3)33(16-22-10-8-9-15-31-22)27-23(17)25(20-11-13-21(30)14-12-20)24(18(2)32-27)26(28(34)35-7)36-29(4,5)6;1-16-18(3)32(15-21-9-7-8-14-30-21)26-22(16)24(19-10-12-20(29)13-11-19)23(17(2)31-26)25(27(33)34)35-28(4,5)6;1-12-13(2)25-21-17(12)19(15-8-10-16(24)11-9-15)18(14(3)26-21)20(22(27)28-7)29-23(4,5)6/h8-15,26H,16H2,1-7H3;7-14,25H,15H2,1-6H3,(H,33,34);8-11,20H,1-7H3,(H,25,26). The summed E-state index contributed by atoms with van der Waals surface area (Å²) in [7, 11) is 2.75. The summed E-state index contributed by atoms with van der Waals surface area (Å²) in [5.41, 5.74) is 18.1. The molecule has 0 saturated heterocycles. The maximum absolute atomic E-state index is 13.1. The molecule has 524 valence electrons. The third kappa shape index (κ3) is 16.6. The van der Waals surface area contributed by atoms with E-state index in [1.54, 1.807) is 12.4 Å². The van der Waals surface area contributed by atoms with Gasteiger partial charge in [0.15, 0.2) is 18.3 Å². The predicted molar refractivity (Wildman–Crippen MR) is 399 cm³/mol. The number of halogens is 3. The number of aliphatic carboxylic acids is 1. The average Bonchev–Trinajstić information content (AvgIpc) is 1.53. The van der Waals surface area contributed by atoms with E-state index in [1.165, 1.54) is 14.2 Å². The minimum absolute atomic E-state index is 0.454. The fourth-order valence-electron chi connectivity index (χ4n) is 12.6. The Morgan fingerprint density at radius 3 is 1.11 bits per heavy atom. The first-order valence-corrected chi connectivity index (χ1v) is 34.1. The Bertz CT molecular complexity index is 4820. The van der Waals surface area contributed by atoms with Crippen LogP contribution in [0.3, 0.4) is 0 Å². The Hall–Kier alpha value is -8.81. The normalized spacial score (nSPS) is 12.8. The van der Waals surface area contributed by atoms with E-state index in [-0.39, 0.29) is 0 Å². The van der Waals surface area contributed by atoms with E-state index >= 15 is 0 Å². The second-order valence-electron chi connectivity index (χ2n) is 27.9. The first-order chi connectivity index (χ1) is 47.0. The monoisotopic (exact) mass is 1410 g/mol. The van der Waals surface area contributed by atoms with Gasteiger partial charge in [0.05, 0.1) is 55.5 Å². The lowest BCUT2D eigenvalue weighted by Gasteiger charge is -2.28. The summed E-state index contributed by atoms with van der Waals surface area (Å²) < 4.78 is 33.2. The van der Waals surface area contributed by atoms with E-state index in [4.69, 9.17) is 73.4 Å². The van der Waals surface area contributed by atoms with Gasteiger partial charge in [-0.3, -0.25) is 9.97 Å². The number of carboxylic acid groups (broad SMARTS) is 1. The van der Waals surface area contributed by atoms with Gasteiger partial charge in [0.2, 0.25) is 0 Å². The predicted octanol–water partition coefficient (Wildman–Crippen LogP) is 19.3. The number of benzene rings is 3. The van der Waals surface area contributed by atoms with Gasteiger partial charge in [0, 0.05) is 111 Å². The second-order valence-corrected chi connectivity index (χ2v) is 29.2. The maximum atomic E-state index is 13.1. The summed E-state index contributed by atoms with van der Waals surface area (Å²) >= 11 is 18.6. The zero-order chi connectivity index (χ0) is 73.2. The number of ether oxygens (including phenoxy) is 5. The zero-order valence-corrected chi connectivity index (χ0v) is 62.9. The Morgan fingerprint density at radius 2 is 0.790 bits per heavy atom. The molecule has 11 aromatic rings. The molecule has 100 heavy (non-hydrogen) atoms. The first-order valence-electron chi connectivity index (χ1n) is 33.0. The molecule has 0 amide bonds. The number of aromatic amines is 1. The maximum Gasteiger partial charge on any atom is 0.339 e. The van der Waals surface area contributed by atoms with Gasteiger partial charge in [-0.1, -0.05) is 83.3 Å². The van der Waals surface area contributed by atoms with Crippen molar-refractivity contribution in [3.05, 3.63) is 216 Å². The molecule has 0 aliphatic rings. The van der Waals surface area contributed by atoms with Gasteiger partial charge in [-0.2, -0.15) is 0 Å². The third-order valence-electron chi connectivity index (χ3n) is 17.4. The minimum Gasteiger partial charge on any atom is -0.479 e. The summed E-state index contributed by atoms with van der Waals surface area (Å²) in [6.07, 6.45) is 0.537. The number of esters is 2. The van der Waals surface area contributed by atoms with E-state index in [2.05, 4.69) is 44.9 Å². The molecule has 2 N–H and O–H groups in total. The highest BCUT2D eigenvalue weighted by Gasteiger charge is 2.38. The van der Waals surface area contributed by atoms with E-state index < -0.39 is 53.0 Å². The number of methoxy groups -OCH3 is 2. The number of nitrogens with zero attached hydrogens (tertiary/aromatic N) is 7. The summed E-state index contributed by atoms with van der Waals surface area (Å²) in [5, 5.41) is 15.0. The van der Waals surface area contributed by atoms with Crippen LogP contribution in [0.5, 0.6) is 0 Å². The van der Waals surface area contributed by atoms with Crippen molar-refractivity contribution in [1.82, 2.24) is 39.0 Å². The Labute approximate surface area is 600 Å². The number of pyridine rings is 5. The smallest absolute Gasteiger partial charge is 0.339 e. The number of nitrogens with one attached hydrogen (secondary N) is 1. The Morgan fingerprint density at radius 1 is 0.460 bits per heavy atom. The van der Waals surface area contributed by atoms with Gasteiger partial charge < -0.3 is 42.9 Å². The van der Waals surface area contributed by atoms with Gasteiger partial charge in [-0.05, 0) is 219 Å². The number of aryl methyl sites for hydroxylation is 7. The number of aromatic nitrogens is 8. The van der Waals surface area contributed by atoms with Gasteiger partial charge in [-0.25, -0.2) is 29.3 Å². The van der Waals surface area contributed by atoms with E-state index in [0.29, 0.717) is 61.9 Å². The molecular weight excluding hydrogens is 1320 g/mol. The molecule has 0 spiro atoms. The molecule has 0 saturated carbocycles. The van der Waals surface area contributed by atoms with E-state index in [0.717, 1.165) is 112 Å². The van der Waals surface area contributed by atoms with Crippen LogP contribution >= 0.6 is 34.8 Å². The molecule has 8 heterocycles. The number of carbonyl (C=O) groups excluding carboxylic acids is 2. The SMILES string of the molecule is COC(=O)C(OC(C)(C)C)c1c(C)nc2[nH]c(C)c(C)c2c1-c1ccc(Cl)cc1.COC(=O)C(OC(C)(C)C)c1c(C)nc2c(c(C)c(C)n2Cc2ccccn2)c1-c1ccc(Cl)cc1.Cc1nc2c(c(C)c(C)n2Cc2ccccn2)c(-c2ccc(Cl)cc2)c1C(OC(C)(C)C)C(=O)O. The zero-order valence-electron chi connectivity index (χ0n) is 60.7. The van der Waals surface area contributed by atoms with Crippen molar-refractivity contribution < 1.29 is 43.2 Å². The molecule has 11 rings (SSSR count). The summed E-state index contributed by atoms with van der Waals surface area (Å²) in [6.45, 7) is 36.2. The van der Waals surface area contributed by atoms with Gasteiger partial charge in [0.1, 0.15) is 16.9 Å². The topological polar surface area (TPSA) is 208 Å². The molecule has 0 aliphatic heterocycles. The van der Waals surface area contributed by atoms with Crippen molar-refractivity contribution >= 4 is 85.8 Å². The summed E-state index contributed by atoms with van der Waals surface area (Å²) in [5.74, 6) is -1.97. The lowest BCUT2D eigenvalue weighted by molar-refractivity contribution is -0.164. The van der Waals surface area contributed by atoms with Crippen molar-refractivity contribution in [3.63, 3.8) is 0 Å². The van der Waals surface area contributed by atoms with Crippen LogP contribution in [0.4, 0.5) is 0 Å². The number of carbonyl (C=O) groups is 3. The molecule has 0 radical (unpaired) electrons. The van der Waals surface area contributed by atoms with Crippen molar-refractivity contribution in [2.24, 2.45) is 0 Å². The van der Waals surface area contributed by atoms with Crippen LogP contribution in [0.1, 0.15) is 160 Å². The van der Waals surface area contributed by atoms with E-state index in [1.807, 2.05) is 213 Å². The van der Waals surface area contributed by atoms with Gasteiger partial charge in [0.25, 0.3) is 0 Å². The fraction of sp³-hybridized carbons (Fsp3) is 0.350. The van der Waals surface area contributed by atoms with Crippen LogP contribution in [0.15, 0.2) is 122 Å². The number of H-pyrrole nitrogens is 1. The number of rotatable bonds is 16. The van der Waals surface area contributed by atoms with Crippen molar-refractivity contribution in [2.45, 2.75) is 173 Å². The first kappa shape index (κ1) is 75.4. The van der Waals surface area contributed by atoms with Crippen molar-refractivity contribution in [2.75, 3.05) is 14.2 Å². The van der Waals surface area contributed by atoms with Crippen molar-refractivity contribution in [1.29, 1.82) is 0 Å². The minimum atomic E-state index is -1.18. The average molecular weight is 1410 g/mol. The quantitative estimate of drug-likeness (QED) is 0.0863. The molecular formula is C80H89Cl3N8O9. The second kappa shape index (κ2) is 30.6. The highest BCUT2D eigenvalue weighted by Crippen LogP contribution is 2.46. The molecule has 3 unspecified atom stereocenters. The van der Waals surface area contributed by atoms with Crippen LogP contribution < -0.4 is 0 Å². The molecule has 3 aromatic carbocycles. The van der Waals surface area contributed by atoms with Crippen LogP contribution in [0.25, 0.3) is 66.5 Å². The fourth-order valence-corrected chi connectivity index (χ4v) is 13.0. The number of hydrogen-bond donors (Lipinski definition) is 2. The molecule has 20 heteroatoms. The molecule has 17 nitrogen and oxygen atoms in total. The lowest BCUT2D eigenvalue weighted by Crippen LogP contribution is -2.29. The molecule has 0 fully saturated rings. The Balaban J connectivity index is 0.000000176. The van der Waals surface area contributed by atoms with Crippen LogP contribution in [-0.2, 0) is 51.2 Å². The van der Waals surface area contributed by atoms with Crippen molar-refractivity contribution in [3.8, 4) is 33.4 Å². The largest absolute Gasteiger partial charge is 0.479 e. The number of fused-ring (bicyclic) bond motifs is 3. The van der Waals surface area contributed by atoms with Gasteiger partial charge in [-0.15, -0.1) is 0 Å². The number of hydrogen-bond acceptors (Lipinski definition) is 13. The molecule has 8 aromatic heterocycles. The summed E-state index contributed by atoms with van der Waals surface area (Å²) in [4.78, 5) is 65.5. The van der Waals surface area contributed by atoms with Crippen LogP contribution in [0, 0.1) is 62.3 Å². The van der Waals surface area contributed by atoms with Gasteiger partial charge >= 0.3 is 17.9 Å². The highest BCUT2D eigenvalue weighted by molar-refractivity contribution is 6.31. The third-order valence-corrected chi connectivity index (χ3v) is 18.1. The molecule has 0 bridgehead atoms. The highest BCUT2D eigenvalue weighted by atomic mass is 35.5. The number of carboxylic acids is 1. The molecule has 3 atom stereocenters. The van der Waals surface area contributed by atoms with Crippen LogP contribution in [-0.4, -0.2) is 93.1 Å². The van der Waals surface area contributed by atoms with Crippen LogP contribution in [0.2, 0.25) is 15.1 Å². The molecule has 0 aliphatic carbocycles. The van der Waals surface area contributed by atoms with E-state index in [9.17, 15) is 19.5 Å². The Kier molecular flexibility index (Phi) is 23.0.